The minimum absolute atomic E-state index is 0.0193. The molecule has 0 N–H and O–H groups in total. The molecule has 0 aromatic heterocycles. The van der Waals surface area contributed by atoms with Gasteiger partial charge in [0.2, 0.25) is 0 Å². The Labute approximate surface area is 179 Å². The van der Waals surface area contributed by atoms with E-state index in [0.29, 0.717) is 6.54 Å². The Kier molecular flexibility index (Phi) is 7.86. The fraction of sp³-hybridized carbons (Fsp3) is 0.480. The van der Waals surface area contributed by atoms with Gasteiger partial charge in [-0.05, 0) is 62.1 Å². The first-order chi connectivity index (χ1) is 14.5. The van der Waals surface area contributed by atoms with Crippen LogP contribution in [-0.4, -0.2) is 47.5 Å². The minimum atomic E-state index is -0.216. The molecule has 0 bridgehead atoms. The second-order valence-corrected chi connectivity index (χ2v) is 8.34. The number of nitrogens with zero attached hydrogens (tertiary/aromatic N) is 2. The van der Waals surface area contributed by atoms with Crippen LogP contribution in [0.15, 0.2) is 48.5 Å². The molecule has 1 aliphatic heterocycles. The SMILES string of the molecule is CCCCc1ccc(OCC(=O)N2C[C@H](C)N(Cc3ccc(F)cc3)C[C@H]2C)cc1. The van der Waals surface area contributed by atoms with Crippen molar-refractivity contribution in [2.75, 3.05) is 19.7 Å². The lowest BCUT2D eigenvalue weighted by atomic mass is 10.1. The molecule has 1 heterocycles. The molecule has 4 nitrogen and oxygen atoms in total. The maximum Gasteiger partial charge on any atom is 0.260 e. The van der Waals surface area contributed by atoms with E-state index < -0.39 is 0 Å². The summed E-state index contributed by atoms with van der Waals surface area (Å²) in [6, 6.07) is 15.0. The molecule has 0 unspecified atom stereocenters. The summed E-state index contributed by atoms with van der Waals surface area (Å²) >= 11 is 0. The fourth-order valence-corrected chi connectivity index (χ4v) is 3.95. The van der Waals surface area contributed by atoms with Crippen molar-refractivity contribution in [3.63, 3.8) is 0 Å². The predicted octanol–water partition coefficient (Wildman–Crippen LogP) is 4.67. The normalized spacial score (nSPS) is 19.7. The van der Waals surface area contributed by atoms with Gasteiger partial charge in [0.25, 0.3) is 5.91 Å². The molecule has 30 heavy (non-hydrogen) atoms. The highest BCUT2D eigenvalue weighted by atomic mass is 19.1. The monoisotopic (exact) mass is 412 g/mol. The van der Waals surface area contributed by atoms with Gasteiger partial charge in [-0.25, -0.2) is 4.39 Å². The minimum Gasteiger partial charge on any atom is -0.484 e. The zero-order valence-electron chi connectivity index (χ0n) is 18.3. The number of hydrogen-bond donors (Lipinski definition) is 0. The lowest BCUT2D eigenvalue weighted by molar-refractivity contribution is -0.139. The van der Waals surface area contributed by atoms with Crippen molar-refractivity contribution in [1.29, 1.82) is 0 Å². The number of benzene rings is 2. The van der Waals surface area contributed by atoms with Crippen LogP contribution >= 0.6 is 0 Å². The van der Waals surface area contributed by atoms with E-state index in [1.807, 2.05) is 29.2 Å². The Morgan fingerprint density at radius 1 is 1.00 bits per heavy atom. The largest absolute Gasteiger partial charge is 0.484 e. The van der Waals surface area contributed by atoms with Crippen molar-refractivity contribution in [3.05, 3.63) is 65.5 Å². The van der Waals surface area contributed by atoms with Crippen LogP contribution in [0.4, 0.5) is 4.39 Å². The first kappa shape index (κ1) is 22.3. The molecular formula is C25H33FN2O2. The molecule has 2 aromatic carbocycles. The summed E-state index contributed by atoms with van der Waals surface area (Å²) in [5.41, 5.74) is 2.39. The molecule has 1 aliphatic rings. The highest BCUT2D eigenvalue weighted by Gasteiger charge is 2.32. The molecule has 5 heteroatoms. The van der Waals surface area contributed by atoms with Gasteiger partial charge < -0.3 is 9.64 Å². The molecule has 162 valence electrons. The van der Waals surface area contributed by atoms with Gasteiger partial charge in [0.05, 0.1) is 0 Å². The zero-order valence-corrected chi connectivity index (χ0v) is 18.3. The number of rotatable bonds is 8. The first-order valence-corrected chi connectivity index (χ1v) is 11.0. The number of ether oxygens (including phenoxy) is 1. The molecular weight excluding hydrogens is 379 g/mol. The lowest BCUT2D eigenvalue weighted by Crippen LogP contribution is -2.58. The summed E-state index contributed by atoms with van der Waals surface area (Å²) in [7, 11) is 0. The quantitative estimate of drug-likeness (QED) is 0.632. The third-order valence-corrected chi connectivity index (χ3v) is 5.84. The Hall–Kier alpha value is -2.40. The number of aryl methyl sites for hydroxylation is 1. The van der Waals surface area contributed by atoms with Crippen molar-refractivity contribution in [1.82, 2.24) is 9.80 Å². The molecule has 0 radical (unpaired) electrons. The van der Waals surface area contributed by atoms with Gasteiger partial charge in [-0.2, -0.15) is 0 Å². The first-order valence-electron chi connectivity index (χ1n) is 11.0. The Bertz CT molecular complexity index is 807. The number of carbonyl (C=O) groups excluding carboxylic acids is 1. The van der Waals surface area contributed by atoms with E-state index in [2.05, 4.69) is 37.8 Å². The van der Waals surface area contributed by atoms with Crippen LogP contribution in [-0.2, 0) is 17.8 Å². The number of unbranched alkanes of at least 4 members (excludes halogenated alkanes) is 1. The molecule has 2 aromatic rings. The zero-order chi connectivity index (χ0) is 21.5. The van der Waals surface area contributed by atoms with Crippen LogP contribution in [0.5, 0.6) is 5.75 Å². The molecule has 0 saturated carbocycles. The third-order valence-electron chi connectivity index (χ3n) is 5.84. The molecule has 2 atom stereocenters. The predicted molar refractivity (Wildman–Crippen MR) is 118 cm³/mol. The van der Waals surface area contributed by atoms with E-state index in [1.165, 1.54) is 30.5 Å². The molecule has 1 fully saturated rings. The second kappa shape index (κ2) is 10.6. The summed E-state index contributed by atoms with van der Waals surface area (Å²) in [6.45, 7) is 8.66. The Balaban J connectivity index is 1.50. The summed E-state index contributed by atoms with van der Waals surface area (Å²) in [5, 5.41) is 0. The van der Waals surface area contributed by atoms with E-state index in [0.717, 1.165) is 30.8 Å². The van der Waals surface area contributed by atoms with Crippen LogP contribution in [0.25, 0.3) is 0 Å². The van der Waals surface area contributed by atoms with Gasteiger partial charge in [-0.15, -0.1) is 0 Å². The van der Waals surface area contributed by atoms with Gasteiger partial charge >= 0.3 is 0 Å². The number of halogens is 1. The van der Waals surface area contributed by atoms with Crippen LogP contribution in [0.1, 0.15) is 44.7 Å². The van der Waals surface area contributed by atoms with Crippen LogP contribution < -0.4 is 4.74 Å². The molecule has 0 spiro atoms. The van der Waals surface area contributed by atoms with Crippen LogP contribution in [0.3, 0.4) is 0 Å². The van der Waals surface area contributed by atoms with E-state index in [-0.39, 0.29) is 30.4 Å². The van der Waals surface area contributed by atoms with Crippen molar-refractivity contribution in [3.8, 4) is 5.75 Å². The lowest BCUT2D eigenvalue weighted by Gasteiger charge is -2.44. The van der Waals surface area contributed by atoms with Crippen LogP contribution in [0.2, 0.25) is 0 Å². The van der Waals surface area contributed by atoms with E-state index in [9.17, 15) is 9.18 Å². The molecule has 1 saturated heterocycles. The molecule has 0 aliphatic carbocycles. The van der Waals surface area contributed by atoms with Crippen molar-refractivity contribution in [2.24, 2.45) is 0 Å². The molecule has 3 rings (SSSR count). The summed E-state index contributed by atoms with van der Waals surface area (Å²) in [6.07, 6.45) is 3.44. The smallest absolute Gasteiger partial charge is 0.260 e. The summed E-state index contributed by atoms with van der Waals surface area (Å²) in [4.78, 5) is 17.0. The van der Waals surface area contributed by atoms with E-state index in [1.54, 1.807) is 0 Å². The molecule has 1 amide bonds. The Morgan fingerprint density at radius 2 is 1.67 bits per heavy atom. The van der Waals surface area contributed by atoms with Gasteiger partial charge in [0.15, 0.2) is 6.61 Å². The fourth-order valence-electron chi connectivity index (χ4n) is 3.95. The highest BCUT2D eigenvalue weighted by molar-refractivity contribution is 5.78. The summed E-state index contributed by atoms with van der Waals surface area (Å²) < 4.78 is 18.9. The summed E-state index contributed by atoms with van der Waals surface area (Å²) in [5.74, 6) is 0.538. The number of hydrogen-bond acceptors (Lipinski definition) is 3. The van der Waals surface area contributed by atoms with Crippen molar-refractivity contribution in [2.45, 2.75) is 58.7 Å². The number of amides is 1. The van der Waals surface area contributed by atoms with Gasteiger partial charge in [-0.3, -0.25) is 9.69 Å². The Morgan fingerprint density at radius 3 is 2.33 bits per heavy atom. The van der Waals surface area contributed by atoms with Gasteiger partial charge in [0, 0.05) is 31.7 Å². The maximum atomic E-state index is 13.1. The van der Waals surface area contributed by atoms with Crippen molar-refractivity contribution >= 4 is 5.91 Å². The highest BCUT2D eigenvalue weighted by Crippen LogP contribution is 2.19. The van der Waals surface area contributed by atoms with Crippen LogP contribution in [0, 0.1) is 5.82 Å². The second-order valence-electron chi connectivity index (χ2n) is 8.34. The topological polar surface area (TPSA) is 32.8 Å². The van der Waals surface area contributed by atoms with E-state index in [4.69, 9.17) is 4.74 Å². The average Bonchev–Trinajstić information content (AvgIpc) is 2.75. The van der Waals surface area contributed by atoms with Gasteiger partial charge in [-0.1, -0.05) is 37.6 Å². The van der Waals surface area contributed by atoms with Crippen molar-refractivity contribution < 1.29 is 13.9 Å². The van der Waals surface area contributed by atoms with E-state index >= 15 is 0 Å². The maximum absolute atomic E-state index is 13.1. The third kappa shape index (κ3) is 6.05. The number of piperazine rings is 1. The number of carbonyl (C=O) groups is 1. The average molecular weight is 413 g/mol. The van der Waals surface area contributed by atoms with Gasteiger partial charge in [0.1, 0.15) is 11.6 Å². The standard InChI is InChI=1S/C25H33FN2O2/c1-4-5-6-21-9-13-24(14-10-21)30-18-25(29)28-16-19(2)27(15-20(28)3)17-22-7-11-23(26)12-8-22/h7-14,19-20H,4-6,15-18H2,1-3H3/t19-,20+/m0/s1.